The van der Waals surface area contributed by atoms with Crippen LogP contribution < -0.4 is 10.3 Å². The van der Waals surface area contributed by atoms with Crippen LogP contribution in [-0.4, -0.2) is 28.4 Å². The van der Waals surface area contributed by atoms with Crippen molar-refractivity contribution in [2.75, 3.05) is 14.2 Å². The average Bonchev–Trinajstić information content (AvgIpc) is 2.56. The predicted molar refractivity (Wildman–Crippen MR) is 99.4 cm³/mol. The zero-order valence-corrected chi connectivity index (χ0v) is 15.2. The van der Waals surface area contributed by atoms with Gasteiger partial charge < -0.3 is 4.74 Å². The normalized spacial score (nSPS) is 11.2. The zero-order valence-electron chi connectivity index (χ0n) is 14.5. The molecule has 2 aromatic heterocycles. The number of pyridine rings is 1. The summed E-state index contributed by atoms with van der Waals surface area (Å²) in [5.74, 6) is 0.790. The van der Waals surface area contributed by atoms with Crippen LogP contribution >= 0.6 is 11.6 Å². The number of aryl methyl sites for hydroxylation is 1. The number of ether oxygens (including phenoxy) is 1. The average molecular weight is 358 g/mol. The molecule has 2 heterocycles. The number of hydrogen-bond acceptors (Lipinski definition) is 4. The van der Waals surface area contributed by atoms with Crippen molar-refractivity contribution in [1.82, 2.24) is 14.3 Å². The molecule has 0 N–H and O–H groups in total. The van der Waals surface area contributed by atoms with Crippen molar-refractivity contribution in [2.24, 2.45) is 0 Å². The van der Waals surface area contributed by atoms with Gasteiger partial charge in [-0.15, -0.1) is 0 Å². The molecule has 0 amide bonds. The van der Waals surface area contributed by atoms with Crippen molar-refractivity contribution < 1.29 is 4.74 Å². The van der Waals surface area contributed by atoms with Crippen LogP contribution in [0.4, 0.5) is 0 Å². The van der Waals surface area contributed by atoms with Crippen LogP contribution in [0, 0.1) is 6.92 Å². The van der Waals surface area contributed by atoms with Gasteiger partial charge in [0.1, 0.15) is 11.4 Å². The van der Waals surface area contributed by atoms with Gasteiger partial charge in [0.05, 0.1) is 12.8 Å². The summed E-state index contributed by atoms with van der Waals surface area (Å²) < 4.78 is 6.95. The molecule has 0 saturated carbocycles. The highest BCUT2D eigenvalue weighted by molar-refractivity contribution is 6.30. The first kappa shape index (κ1) is 17.5. The molecule has 0 unspecified atom stereocenters. The number of halogens is 1. The third-order valence-corrected chi connectivity index (χ3v) is 4.21. The van der Waals surface area contributed by atoms with E-state index < -0.39 is 0 Å². The minimum absolute atomic E-state index is 0.0718. The lowest BCUT2D eigenvalue weighted by Gasteiger charge is -2.18. The second kappa shape index (κ2) is 7.25. The predicted octanol–water partition coefficient (Wildman–Crippen LogP) is 3.30. The number of fused-ring (bicyclic) bond motifs is 1. The molecule has 0 aliphatic rings. The summed E-state index contributed by atoms with van der Waals surface area (Å²) in [5, 5.41) is 0.668. The highest BCUT2D eigenvalue weighted by Gasteiger charge is 2.10. The number of aromatic nitrogens is 2. The van der Waals surface area contributed by atoms with Gasteiger partial charge in [-0.05, 0) is 43.8 Å². The summed E-state index contributed by atoms with van der Waals surface area (Å²) in [6.45, 7) is 3.14. The molecule has 0 bridgehead atoms. The van der Waals surface area contributed by atoms with Crippen molar-refractivity contribution in [3.05, 3.63) is 74.8 Å². The zero-order chi connectivity index (χ0) is 18.0. The van der Waals surface area contributed by atoms with E-state index in [2.05, 4.69) is 9.88 Å². The van der Waals surface area contributed by atoms with Gasteiger partial charge in [0.15, 0.2) is 0 Å². The lowest BCUT2D eigenvalue weighted by molar-refractivity contribution is 0.306. The molecule has 0 radical (unpaired) electrons. The van der Waals surface area contributed by atoms with E-state index in [0.717, 1.165) is 22.6 Å². The Bertz CT molecular complexity index is 969. The van der Waals surface area contributed by atoms with Crippen molar-refractivity contribution >= 4 is 17.2 Å². The Morgan fingerprint density at radius 3 is 2.76 bits per heavy atom. The smallest absolute Gasteiger partial charge is 0.258 e. The van der Waals surface area contributed by atoms with Crippen LogP contribution in [-0.2, 0) is 13.1 Å². The number of nitrogens with zero attached hydrogens (tertiary/aromatic N) is 3. The molecular formula is C19H20ClN3O2. The Morgan fingerprint density at radius 1 is 1.20 bits per heavy atom. The van der Waals surface area contributed by atoms with Crippen molar-refractivity contribution in [3.8, 4) is 5.75 Å². The first-order valence-corrected chi connectivity index (χ1v) is 8.34. The Labute approximate surface area is 151 Å². The Hall–Kier alpha value is -2.37. The molecular weight excluding hydrogens is 338 g/mol. The van der Waals surface area contributed by atoms with E-state index >= 15 is 0 Å². The lowest BCUT2D eigenvalue weighted by atomic mass is 10.2. The molecule has 5 nitrogen and oxygen atoms in total. The number of hydrogen-bond donors (Lipinski definition) is 0. The van der Waals surface area contributed by atoms with Gasteiger partial charge in [-0.2, -0.15) is 0 Å². The SMILES string of the molecule is COc1ccc(Cl)cc1CN(C)Cc1cc(=O)n2cc(C)ccc2n1. The second-order valence-corrected chi connectivity index (χ2v) is 6.59. The van der Waals surface area contributed by atoms with Crippen LogP contribution in [0.15, 0.2) is 47.4 Å². The Kier molecular flexibility index (Phi) is 5.06. The summed E-state index contributed by atoms with van der Waals surface area (Å²) in [7, 11) is 3.61. The van der Waals surface area contributed by atoms with Crippen molar-refractivity contribution in [2.45, 2.75) is 20.0 Å². The largest absolute Gasteiger partial charge is 0.496 e. The van der Waals surface area contributed by atoms with Gasteiger partial charge in [0.2, 0.25) is 0 Å². The fraction of sp³-hybridized carbons (Fsp3) is 0.263. The third kappa shape index (κ3) is 4.00. The third-order valence-electron chi connectivity index (χ3n) is 3.98. The molecule has 0 atom stereocenters. The van der Waals surface area contributed by atoms with Crippen molar-refractivity contribution in [3.63, 3.8) is 0 Å². The Balaban J connectivity index is 1.83. The van der Waals surface area contributed by atoms with E-state index in [4.69, 9.17) is 16.3 Å². The van der Waals surface area contributed by atoms with E-state index in [1.54, 1.807) is 29.8 Å². The van der Waals surface area contributed by atoms with Crippen LogP contribution in [0.5, 0.6) is 5.75 Å². The minimum atomic E-state index is -0.0718. The summed E-state index contributed by atoms with van der Waals surface area (Å²) in [6, 6.07) is 10.9. The van der Waals surface area contributed by atoms with Gasteiger partial charge in [-0.1, -0.05) is 17.7 Å². The summed E-state index contributed by atoms with van der Waals surface area (Å²) >= 11 is 6.09. The molecule has 6 heteroatoms. The first-order chi connectivity index (χ1) is 12.0. The Morgan fingerprint density at radius 2 is 2.00 bits per heavy atom. The monoisotopic (exact) mass is 357 g/mol. The van der Waals surface area contributed by atoms with Gasteiger partial charge in [-0.3, -0.25) is 14.1 Å². The lowest BCUT2D eigenvalue weighted by Crippen LogP contribution is -2.22. The van der Waals surface area contributed by atoms with Gasteiger partial charge in [-0.25, -0.2) is 4.98 Å². The molecule has 3 rings (SSSR count). The molecule has 0 fully saturated rings. The van der Waals surface area contributed by atoms with E-state index in [1.807, 2.05) is 38.2 Å². The van der Waals surface area contributed by atoms with E-state index in [-0.39, 0.29) is 5.56 Å². The highest BCUT2D eigenvalue weighted by atomic mass is 35.5. The maximum Gasteiger partial charge on any atom is 0.258 e. The number of rotatable bonds is 5. The maximum atomic E-state index is 12.3. The van der Waals surface area contributed by atoms with E-state index in [9.17, 15) is 4.79 Å². The van der Waals surface area contributed by atoms with Crippen LogP contribution in [0.25, 0.3) is 5.65 Å². The van der Waals surface area contributed by atoms with Crippen molar-refractivity contribution in [1.29, 1.82) is 0 Å². The maximum absolute atomic E-state index is 12.3. The molecule has 1 aromatic carbocycles. The minimum Gasteiger partial charge on any atom is -0.496 e. The number of benzene rings is 1. The molecule has 25 heavy (non-hydrogen) atoms. The topological polar surface area (TPSA) is 46.8 Å². The molecule has 0 spiro atoms. The van der Waals surface area contributed by atoms with Gasteiger partial charge in [0, 0.05) is 35.9 Å². The fourth-order valence-corrected chi connectivity index (χ4v) is 3.03. The molecule has 0 aliphatic carbocycles. The molecule has 3 aromatic rings. The summed E-state index contributed by atoms with van der Waals surface area (Å²) in [4.78, 5) is 19.0. The molecule has 0 aliphatic heterocycles. The van der Waals surface area contributed by atoms with Crippen LogP contribution in [0.3, 0.4) is 0 Å². The van der Waals surface area contributed by atoms with E-state index in [1.165, 1.54) is 0 Å². The van der Waals surface area contributed by atoms with Crippen LogP contribution in [0.2, 0.25) is 5.02 Å². The number of methoxy groups -OCH3 is 1. The standard InChI is InChI=1S/C19H20ClN3O2/c1-13-4-7-18-21-16(9-19(24)23(18)10-13)12-22(2)11-14-8-15(20)5-6-17(14)25-3/h4-10H,11-12H2,1-3H3. The van der Waals surface area contributed by atoms with Gasteiger partial charge in [0.25, 0.3) is 5.56 Å². The first-order valence-electron chi connectivity index (χ1n) is 7.96. The quantitative estimate of drug-likeness (QED) is 0.703. The van der Waals surface area contributed by atoms with Gasteiger partial charge >= 0.3 is 0 Å². The molecule has 130 valence electrons. The summed E-state index contributed by atoms with van der Waals surface area (Å²) in [6.07, 6.45) is 1.80. The van der Waals surface area contributed by atoms with E-state index in [0.29, 0.717) is 23.8 Å². The summed E-state index contributed by atoms with van der Waals surface area (Å²) in [5.41, 5.74) is 3.33. The molecule has 0 saturated heterocycles. The highest BCUT2D eigenvalue weighted by Crippen LogP contribution is 2.24. The fourth-order valence-electron chi connectivity index (χ4n) is 2.83. The second-order valence-electron chi connectivity index (χ2n) is 6.15. The van der Waals surface area contributed by atoms with Crippen LogP contribution in [0.1, 0.15) is 16.8 Å².